The van der Waals surface area contributed by atoms with Crippen molar-refractivity contribution in [3.63, 3.8) is 0 Å². The Kier molecular flexibility index (Phi) is 3.28. The summed E-state index contributed by atoms with van der Waals surface area (Å²) in [5.41, 5.74) is 0.210. The lowest BCUT2D eigenvalue weighted by atomic mass is 10.1. The zero-order valence-electron chi connectivity index (χ0n) is 10.1. The summed E-state index contributed by atoms with van der Waals surface area (Å²) < 4.78 is 0. The van der Waals surface area contributed by atoms with Crippen LogP contribution in [0.15, 0.2) is 23.1 Å². The molecule has 1 aliphatic rings. The van der Waals surface area contributed by atoms with Gasteiger partial charge < -0.3 is 15.2 Å². The highest BCUT2D eigenvalue weighted by molar-refractivity contribution is 5.94. The molecule has 2 atom stereocenters. The van der Waals surface area contributed by atoms with Crippen LogP contribution in [-0.4, -0.2) is 41.0 Å². The van der Waals surface area contributed by atoms with Crippen LogP contribution in [0.5, 0.6) is 0 Å². The second kappa shape index (κ2) is 4.71. The third-order valence-corrected chi connectivity index (χ3v) is 2.87. The van der Waals surface area contributed by atoms with E-state index in [2.05, 4.69) is 10.3 Å². The molecule has 0 spiro atoms. The zero-order valence-corrected chi connectivity index (χ0v) is 10.1. The first kappa shape index (κ1) is 11.9. The molecule has 5 heteroatoms. The van der Waals surface area contributed by atoms with Gasteiger partial charge in [-0.15, -0.1) is 0 Å². The van der Waals surface area contributed by atoms with Crippen LogP contribution in [0.25, 0.3) is 0 Å². The maximum Gasteiger partial charge on any atom is 0.254 e. The third kappa shape index (κ3) is 2.74. The van der Waals surface area contributed by atoms with Crippen molar-refractivity contribution in [2.24, 2.45) is 0 Å². The number of aromatic nitrogens is 1. The fourth-order valence-electron chi connectivity index (χ4n) is 2.25. The van der Waals surface area contributed by atoms with Crippen LogP contribution in [-0.2, 0) is 0 Å². The third-order valence-electron chi connectivity index (χ3n) is 2.87. The minimum Gasteiger partial charge on any atom is -0.336 e. The molecule has 0 saturated carbocycles. The van der Waals surface area contributed by atoms with Crippen molar-refractivity contribution in [1.82, 2.24) is 15.2 Å². The minimum atomic E-state index is -0.243. The van der Waals surface area contributed by atoms with Crippen LogP contribution in [0.4, 0.5) is 0 Å². The smallest absolute Gasteiger partial charge is 0.254 e. The molecule has 0 bridgehead atoms. The summed E-state index contributed by atoms with van der Waals surface area (Å²) in [4.78, 5) is 27.7. The molecular formula is C12H17N3O2. The Balaban J connectivity index is 2.17. The molecule has 0 aliphatic carbocycles. The van der Waals surface area contributed by atoms with E-state index < -0.39 is 0 Å². The number of hydrogen-bond acceptors (Lipinski definition) is 3. The predicted molar refractivity (Wildman–Crippen MR) is 65.0 cm³/mol. The first-order valence-electron chi connectivity index (χ1n) is 5.80. The summed E-state index contributed by atoms with van der Waals surface area (Å²) >= 11 is 0. The number of hydrogen-bond donors (Lipinski definition) is 2. The molecule has 0 radical (unpaired) electrons. The first-order chi connectivity index (χ1) is 8.06. The van der Waals surface area contributed by atoms with Crippen molar-refractivity contribution in [3.8, 4) is 0 Å². The van der Waals surface area contributed by atoms with Crippen LogP contribution in [0.2, 0.25) is 0 Å². The highest BCUT2D eigenvalue weighted by Crippen LogP contribution is 2.08. The molecule has 2 rings (SSSR count). The Bertz CT molecular complexity index is 459. The van der Waals surface area contributed by atoms with Gasteiger partial charge in [-0.3, -0.25) is 9.59 Å². The lowest BCUT2D eigenvalue weighted by molar-refractivity contribution is 0.0673. The number of nitrogens with one attached hydrogen (secondary N) is 2. The average molecular weight is 235 g/mol. The van der Waals surface area contributed by atoms with Gasteiger partial charge in [0.15, 0.2) is 0 Å². The van der Waals surface area contributed by atoms with Gasteiger partial charge in [0.2, 0.25) is 5.56 Å². The Labute approximate surface area is 99.8 Å². The van der Waals surface area contributed by atoms with Gasteiger partial charge in [0.1, 0.15) is 0 Å². The van der Waals surface area contributed by atoms with E-state index in [1.165, 1.54) is 12.3 Å². The molecular weight excluding hydrogens is 218 g/mol. The highest BCUT2D eigenvalue weighted by Gasteiger charge is 2.25. The molecule has 1 saturated heterocycles. The van der Waals surface area contributed by atoms with Crippen molar-refractivity contribution >= 4 is 5.91 Å². The molecule has 2 N–H and O–H groups in total. The maximum absolute atomic E-state index is 12.2. The summed E-state index contributed by atoms with van der Waals surface area (Å²) in [5, 5.41) is 3.37. The number of carbonyl (C=O) groups excluding carboxylic acids is 1. The summed E-state index contributed by atoms with van der Waals surface area (Å²) in [6.45, 7) is 5.45. The molecule has 17 heavy (non-hydrogen) atoms. The normalized spacial score (nSPS) is 24.7. The second-order valence-electron chi connectivity index (χ2n) is 4.62. The van der Waals surface area contributed by atoms with E-state index in [0.717, 1.165) is 0 Å². The number of amides is 1. The fourth-order valence-corrected chi connectivity index (χ4v) is 2.25. The quantitative estimate of drug-likeness (QED) is 0.730. The number of rotatable bonds is 1. The number of pyridine rings is 1. The lowest BCUT2D eigenvalue weighted by Gasteiger charge is -2.36. The summed E-state index contributed by atoms with van der Waals surface area (Å²) in [5.74, 6) is -0.0729. The van der Waals surface area contributed by atoms with E-state index in [1.807, 2.05) is 13.8 Å². The number of H-pyrrole nitrogens is 1. The number of carbonyl (C=O) groups is 1. The van der Waals surface area contributed by atoms with Gasteiger partial charge in [0.05, 0.1) is 0 Å². The summed E-state index contributed by atoms with van der Waals surface area (Å²) in [6.07, 6.45) is 1.50. The van der Waals surface area contributed by atoms with Crippen molar-refractivity contribution in [2.45, 2.75) is 25.9 Å². The van der Waals surface area contributed by atoms with Crippen molar-refractivity contribution < 1.29 is 4.79 Å². The molecule has 2 heterocycles. The summed E-state index contributed by atoms with van der Waals surface area (Å²) in [7, 11) is 0. The molecule has 1 amide bonds. The van der Waals surface area contributed by atoms with Crippen LogP contribution in [0.1, 0.15) is 24.2 Å². The Morgan fingerprint density at radius 3 is 2.59 bits per heavy atom. The number of aromatic amines is 1. The van der Waals surface area contributed by atoms with Gasteiger partial charge in [-0.25, -0.2) is 0 Å². The zero-order chi connectivity index (χ0) is 12.4. The maximum atomic E-state index is 12.2. The van der Waals surface area contributed by atoms with Crippen molar-refractivity contribution in [1.29, 1.82) is 0 Å². The van der Waals surface area contributed by atoms with Crippen LogP contribution in [0.3, 0.4) is 0 Å². The average Bonchev–Trinajstić information content (AvgIpc) is 2.26. The van der Waals surface area contributed by atoms with Gasteiger partial charge in [0, 0.05) is 43.0 Å². The van der Waals surface area contributed by atoms with E-state index in [9.17, 15) is 9.59 Å². The predicted octanol–water partition coefficient (Wildman–Crippen LogP) is 0.197. The van der Waals surface area contributed by atoms with E-state index in [-0.39, 0.29) is 23.6 Å². The lowest BCUT2D eigenvalue weighted by Crippen LogP contribution is -2.55. The monoisotopic (exact) mass is 235 g/mol. The van der Waals surface area contributed by atoms with Gasteiger partial charge in [-0.2, -0.15) is 0 Å². The van der Waals surface area contributed by atoms with Crippen molar-refractivity contribution in [2.75, 3.05) is 13.1 Å². The van der Waals surface area contributed by atoms with Crippen molar-refractivity contribution in [3.05, 3.63) is 34.2 Å². The SMILES string of the molecule is CC1CN(C(=O)c2cc[nH]c(=O)c2)CC(C)N1. The van der Waals surface area contributed by atoms with Gasteiger partial charge in [-0.1, -0.05) is 0 Å². The summed E-state index contributed by atoms with van der Waals surface area (Å²) in [6, 6.07) is 3.55. The number of nitrogens with zero attached hydrogens (tertiary/aromatic N) is 1. The Hall–Kier alpha value is -1.62. The van der Waals surface area contributed by atoms with E-state index in [0.29, 0.717) is 18.7 Å². The standard InChI is InChI=1S/C12H17N3O2/c1-8-6-15(7-9(2)14-8)12(17)10-3-4-13-11(16)5-10/h3-5,8-9,14H,6-7H2,1-2H3,(H,13,16). The van der Waals surface area contributed by atoms with E-state index in [1.54, 1.807) is 11.0 Å². The molecule has 1 aliphatic heterocycles. The fraction of sp³-hybridized carbons (Fsp3) is 0.500. The largest absolute Gasteiger partial charge is 0.336 e. The number of piperazine rings is 1. The van der Waals surface area contributed by atoms with Crippen LogP contribution >= 0.6 is 0 Å². The first-order valence-corrected chi connectivity index (χ1v) is 5.80. The molecule has 1 aromatic rings. The Morgan fingerprint density at radius 1 is 1.35 bits per heavy atom. The molecule has 5 nitrogen and oxygen atoms in total. The van der Waals surface area contributed by atoms with Crippen LogP contribution in [0, 0.1) is 0 Å². The molecule has 0 aromatic carbocycles. The molecule has 92 valence electrons. The van der Waals surface area contributed by atoms with Gasteiger partial charge in [0.25, 0.3) is 5.91 Å². The molecule has 2 unspecified atom stereocenters. The molecule has 1 fully saturated rings. The van der Waals surface area contributed by atoms with Gasteiger partial charge in [-0.05, 0) is 19.9 Å². The van der Waals surface area contributed by atoms with Crippen LogP contribution < -0.4 is 10.9 Å². The molecule has 1 aromatic heterocycles. The van der Waals surface area contributed by atoms with E-state index in [4.69, 9.17) is 0 Å². The van der Waals surface area contributed by atoms with Gasteiger partial charge >= 0.3 is 0 Å². The second-order valence-corrected chi connectivity index (χ2v) is 4.62. The topological polar surface area (TPSA) is 65.2 Å². The highest BCUT2D eigenvalue weighted by atomic mass is 16.2. The Morgan fingerprint density at radius 2 is 2.00 bits per heavy atom. The minimum absolute atomic E-state index is 0.0729. The van der Waals surface area contributed by atoms with E-state index >= 15 is 0 Å².